The van der Waals surface area contributed by atoms with E-state index in [4.69, 9.17) is 0 Å². The highest BCUT2D eigenvalue weighted by Gasteiger charge is 2.04. The second kappa shape index (κ2) is 4.49. The number of halogens is 1. The number of benzene rings is 1. The van der Waals surface area contributed by atoms with E-state index in [0.717, 1.165) is 5.56 Å². The molecule has 3 rings (SSSR count). The molecule has 0 amide bonds. The molecule has 0 fully saturated rings. The first-order valence-corrected chi connectivity index (χ1v) is 5.60. The lowest BCUT2D eigenvalue weighted by molar-refractivity contribution is 0.628. The summed E-state index contributed by atoms with van der Waals surface area (Å²) in [4.78, 5) is 10.9. The van der Waals surface area contributed by atoms with Gasteiger partial charge in [-0.25, -0.2) is 14.2 Å². The molecule has 0 bridgehead atoms. The maximum absolute atomic E-state index is 12.8. The lowest BCUT2D eigenvalue weighted by atomic mass is 10.1. The number of rotatable bonds is 2. The number of aromatic nitrogens is 4. The number of nitrogens with zero attached hydrogens (tertiary/aromatic N) is 3. The average molecular weight is 256 g/mol. The lowest BCUT2D eigenvalue weighted by Crippen LogP contribution is -2.09. The van der Waals surface area contributed by atoms with E-state index in [1.54, 1.807) is 30.5 Å². The van der Waals surface area contributed by atoms with E-state index >= 15 is 0 Å². The molecule has 1 aromatic carbocycles. The standard InChI is InChI=1S/C13H9FN4O/c14-10-3-1-9(2-4-10)11-7-8-18(17-11)12-5-6-13(19)16-15-12/h1-8H,(H,16,19). The summed E-state index contributed by atoms with van der Waals surface area (Å²) >= 11 is 0. The van der Waals surface area contributed by atoms with Crippen LogP contribution in [0.2, 0.25) is 0 Å². The van der Waals surface area contributed by atoms with Gasteiger partial charge in [-0.2, -0.15) is 10.2 Å². The minimum Gasteiger partial charge on any atom is -0.268 e. The lowest BCUT2D eigenvalue weighted by Gasteiger charge is -1.98. The average Bonchev–Trinajstić information content (AvgIpc) is 2.90. The van der Waals surface area contributed by atoms with E-state index in [1.165, 1.54) is 22.9 Å². The third kappa shape index (κ3) is 2.28. The predicted octanol–water partition coefficient (Wildman–Crippen LogP) is 1.76. The second-order valence-electron chi connectivity index (χ2n) is 3.93. The van der Waals surface area contributed by atoms with Gasteiger partial charge in [-0.05, 0) is 36.4 Å². The van der Waals surface area contributed by atoms with E-state index < -0.39 is 0 Å². The molecule has 5 nitrogen and oxygen atoms in total. The van der Waals surface area contributed by atoms with Crippen LogP contribution in [-0.4, -0.2) is 20.0 Å². The minimum absolute atomic E-state index is 0.269. The second-order valence-corrected chi connectivity index (χ2v) is 3.93. The molecule has 0 radical (unpaired) electrons. The molecule has 0 saturated heterocycles. The number of hydrogen-bond acceptors (Lipinski definition) is 3. The zero-order valence-corrected chi connectivity index (χ0v) is 9.75. The topological polar surface area (TPSA) is 63.6 Å². The molecule has 0 unspecified atom stereocenters. The molecular weight excluding hydrogens is 247 g/mol. The third-order valence-corrected chi connectivity index (χ3v) is 2.63. The molecule has 2 heterocycles. The van der Waals surface area contributed by atoms with Crippen molar-refractivity contribution < 1.29 is 4.39 Å². The Balaban J connectivity index is 1.97. The molecule has 0 aliphatic carbocycles. The molecule has 0 saturated carbocycles. The highest BCUT2D eigenvalue weighted by Crippen LogP contribution is 2.17. The summed E-state index contributed by atoms with van der Waals surface area (Å²) in [6.45, 7) is 0. The summed E-state index contributed by atoms with van der Waals surface area (Å²) in [6.07, 6.45) is 1.72. The molecule has 3 aromatic rings. The van der Waals surface area contributed by atoms with Crippen molar-refractivity contribution in [3.05, 3.63) is 64.8 Å². The summed E-state index contributed by atoms with van der Waals surface area (Å²) in [5.74, 6) is 0.221. The SMILES string of the molecule is O=c1ccc(-n2ccc(-c3ccc(F)cc3)n2)n[nH]1. The fraction of sp³-hybridized carbons (Fsp3) is 0. The Hall–Kier alpha value is -2.76. The maximum atomic E-state index is 12.8. The van der Waals surface area contributed by atoms with Crippen LogP contribution in [0.25, 0.3) is 17.1 Å². The number of nitrogens with one attached hydrogen (secondary N) is 1. The molecule has 94 valence electrons. The van der Waals surface area contributed by atoms with Crippen LogP contribution in [0.3, 0.4) is 0 Å². The Morgan fingerprint density at radius 3 is 2.53 bits per heavy atom. The van der Waals surface area contributed by atoms with Crippen molar-refractivity contribution in [1.29, 1.82) is 0 Å². The number of H-pyrrole nitrogens is 1. The smallest absolute Gasteiger partial charge is 0.264 e. The van der Waals surface area contributed by atoms with Crippen LogP contribution in [0.1, 0.15) is 0 Å². The predicted molar refractivity (Wildman–Crippen MR) is 67.4 cm³/mol. The quantitative estimate of drug-likeness (QED) is 0.759. The molecule has 0 atom stereocenters. The molecule has 2 aromatic heterocycles. The van der Waals surface area contributed by atoms with Gasteiger partial charge in [-0.1, -0.05) is 0 Å². The van der Waals surface area contributed by atoms with E-state index in [0.29, 0.717) is 11.5 Å². The minimum atomic E-state index is -0.287. The summed E-state index contributed by atoms with van der Waals surface area (Å²) in [5.41, 5.74) is 1.24. The van der Waals surface area contributed by atoms with Crippen LogP contribution in [0.4, 0.5) is 4.39 Å². The van der Waals surface area contributed by atoms with Gasteiger partial charge in [0.1, 0.15) is 5.82 Å². The van der Waals surface area contributed by atoms with Gasteiger partial charge in [0.25, 0.3) is 5.56 Å². The zero-order valence-electron chi connectivity index (χ0n) is 9.75. The monoisotopic (exact) mass is 256 g/mol. The first-order chi connectivity index (χ1) is 9.22. The van der Waals surface area contributed by atoms with Crippen LogP contribution in [-0.2, 0) is 0 Å². The van der Waals surface area contributed by atoms with Crippen LogP contribution in [0, 0.1) is 5.82 Å². The van der Waals surface area contributed by atoms with Gasteiger partial charge >= 0.3 is 0 Å². The molecular formula is C13H9FN4O. The molecule has 19 heavy (non-hydrogen) atoms. The molecule has 0 spiro atoms. The molecule has 1 N–H and O–H groups in total. The van der Waals surface area contributed by atoms with E-state index in [1.807, 2.05) is 0 Å². The highest BCUT2D eigenvalue weighted by molar-refractivity contribution is 5.58. The van der Waals surface area contributed by atoms with Crippen molar-refractivity contribution >= 4 is 0 Å². The maximum Gasteiger partial charge on any atom is 0.264 e. The van der Waals surface area contributed by atoms with Gasteiger partial charge in [0, 0.05) is 17.8 Å². The van der Waals surface area contributed by atoms with Crippen molar-refractivity contribution in [3.63, 3.8) is 0 Å². The van der Waals surface area contributed by atoms with E-state index in [2.05, 4.69) is 15.3 Å². The fourth-order valence-corrected chi connectivity index (χ4v) is 1.69. The van der Waals surface area contributed by atoms with Crippen molar-refractivity contribution in [2.45, 2.75) is 0 Å². The van der Waals surface area contributed by atoms with Gasteiger partial charge < -0.3 is 0 Å². The first kappa shape index (κ1) is 11.3. The summed E-state index contributed by atoms with van der Waals surface area (Å²) in [6, 6.07) is 10.8. The summed E-state index contributed by atoms with van der Waals surface area (Å²) in [7, 11) is 0. The fourth-order valence-electron chi connectivity index (χ4n) is 1.69. The van der Waals surface area contributed by atoms with Crippen molar-refractivity contribution in [2.24, 2.45) is 0 Å². The van der Waals surface area contributed by atoms with Crippen molar-refractivity contribution in [3.8, 4) is 17.1 Å². The summed E-state index contributed by atoms with van der Waals surface area (Å²) < 4.78 is 14.4. The third-order valence-electron chi connectivity index (χ3n) is 2.63. The molecule has 0 aliphatic heterocycles. The number of aromatic amines is 1. The largest absolute Gasteiger partial charge is 0.268 e. The zero-order chi connectivity index (χ0) is 13.2. The van der Waals surface area contributed by atoms with Gasteiger partial charge in [0.05, 0.1) is 5.69 Å². The molecule has 6 heteroatoms. The van der Waals surface area contributed by atoms with Crippen LogP contribution in [0.15, 0.2) is 53.5 Å². The highest BCUT2D eigenvalue weighted by atomic mass is 19.1. The van der Waals surface area contributed by atoms with Gasteiger partial charge in [-0.15, -0.1) is 0 Å². The van der Waals surface area contributed by atoms with Crippen LogP contribution in [0.5, 0.6) is 0 Å². The Morgan fingerprint density at radius 1 is 1.05 bits per heavy atom. The first-order valence-electron chi connectivity index (χ1n) is 5.60. The van der Waals surface area contributed by atoms with Gasteiger partial charge in [0.15, 0.2) is 5.82 Å². The molecule has 0 aliphatic rings. The van der Waals surface area contributed by atoms with Crippen LogP contribution >= 0.6 is 0 Å². The van der Waals surface area contributed by atoms with Crippen molar-refractivity contribution in [1.82, 2.24) is 20.0 Å². The Bertz CT molecular complexity index is 740. The van der Waals surface area contributed by atoms with Crippen LogP contribution < -0.4 is 5.56 Å². The number of hydrogen-bond donors (Lipinski definition) is 1. The summed E-state index contributed by atoms with van der Waals surface area (Å²) in [5, 5.41) is 10.5. The Kier molecular flexibility index (Phi) is 2.68. The normalized spacial score (nSPS) is 10.6. The van der Waals surface area contributed by atoms with Gasteiger partial charge in [-0.3, -0.25) is 4.79 Å². The van der Waals surface area contributed by atoms with Crippen molar-refractivity contribution in [2.75, 3.05) is 0 Å². The van der Waals surface area contributed by atoms with E-state index in [9.17, 15) is 9.18 Å². The Labute approximate surface area is 107 Å². The van der Waals surface area contributed by atoms with Gasteiger partial charge in [0.2, 0.25) is 0 Å². The Morgan fingerprint density at radius 2 is 1.84 bits per heavy atom. The van der Waals surface area contributed by atoms with E-state index in [-0.39, 0.29) is 11.4 Å².